The van der Waals surface area contributed by atoms with E-state index in [1.807, 2.05) is 48.1 Å². The first-order valence-electron chi connectivity index (χ1n) is 6.15. The van der Waals surface area contributed by atoms with Gasteiger partial charge in [-0.15, -0.1) is 0 Å². The predicted octanol–water partition coefficient (Wildman–Crippen LogP) is 3.90. The third-order valence-electron chi connectivity index (χ3n) is 2.99. The molecule has 0 aliphatic heterocycles. The second kappa shape index (κ2) is 6.06. The Hall–Kier alpha value is -1.55. The molecular weight excluding hydrogens is 306 g/mol. The Kier molecular flexibility index (Phi) is 4.43. The molecule has 1 aromatic carbocycles. The van der Waals surface area contributed by atoms with Crippen LogP contribution in [-0.4, -0.2) is 17.5 Å². The minimum atomic E-state index is 0.167. The summed E-state index contributed by atoms with van der Waals surface area (Å²) in [6.45, 7) is 2.55. The number of ketones is 1. The summed E-state index contributed by atoms with van der Waals surface area (Å²) in [6.07, 6.45) is 4.33. The summed E-state index contributed by atoms with van der Waals surface area (Å²) in [5, 5.41) is 0. The number of nitrogens with zero attached hydrogens (tertiary/aromatic N) is 1. The topological polar surface area (TPSA) is 31.2 Å². The predicted molar refractivity (Wildman–Crippen MR) is 78.8 cm³/mol. The minimum Gasteiger partial charge on any atom is -0.496 e. The molecule has 0 bridgehead atoms. The van der Waals surface area contributed by atoms with Crippen molar-refractivity contribution in [3.8, 4) is 5.75 Å². The molecule has 1 aromatic heterocycles. The molecule has 0 unspecified atom stereocenters. The summed E-state index contributed by atoms with van der Waals surface area (Å²) >= 11 is 3.46. The van der Waals surface area contributed by atoms with Gasteiger partial charge in [0.2, 0.25) is 0 Å². The van der Waals surface area contributed by atoms with Gasteiger partial charge in [0.1, 0.15) is 5.75 Å². The van der Waals surface area contributed by atoms with Crippen molar-refractivity contribution in [2.45, 2.75) is 19.9 Å². The maximum absolute atomic E-state index is 11.6. The second-order valence-electron chi connectivity index (χ2n) is 4.31. The minimum absolute atomic E-state index is 0.167. The van der Waals surface area contributed by atoms with E-state index in [9.17, 15) is 4.79 Å². The summed E-state index contributed by atoms with van der Waals surface area (Å²) < 4.78 is 8.35. The smallest absolute Gasteiger partial charge is 0.164 e. The first-order chi connectivity index (χ1) is 9.13. The van der Waals surface area contributed by atoms with Gasteiger partial charge in [-0.05, 0) is 24.3 Å². The molecule has 2 rings (SSSR count). The highest BCUT2D eigenvalue weighted by Gasteiger charge is 2.08. The van der Waals surface area contributed by atoms with Crippen molar-refractivity contribution in [2.24, 2.45) is 0 Å². The molecule has 19 heavy (non-hydrogen) atoms. The van der Waals surface area contributed by atoms with Crippen molar-refractivity contribution in [3.05, 3.63) is 52.3 Å². The van der Waals surface area contributed by atoms with Crippen LogP contribution in [0.1, 0.15) is 29.3 Å². The molecule has 100 valence electrons. The molecule has 0 N–H and O–H groups in total. The molecule has 0 aliphatic carbocycles. The normalized spacial score (nSPS) is 10.5. The summed E-state index contributed by atoms with van der Waals surface area (Å²) in [4.78, 5) is 11.6. The number of rotatable bonds is 5. The maximum atomic E-state index is 11.6. The fraction of sp³-hybridized carbons (Fsp3) is 0.267. The molecule has 3 nitrogen and oxygen atoms in total. The van der Waals surface area contributed by atoms with Crippen LogP contribution in [0.4, 0.5) is 0 Å². The number of carbonyl (C=O) groups is 1. The zero-order chi connectivity index (χ0) is 13.8. The van der Waals surface area contributed by atoms with Crippen LogP contribution in [0.3, 0.4) is 0 Å². The Morgan fingerprint density at radius 2 is 2.16 bits per heavy atom. The summed E-state index contributed by atoms with van der Waals surface area (Å²) in [7, 11) is 1.66. The Balaban J connectivity index is 2.23. The summed E-state index contributed by atoms with van der Waals surface area (Å²) in [5.41, 5.74) is 1.83. The molecule has 0 saturated carbocycles. The van der Waals surface area contributed by atoms with E-state index in [4.69, 9.17) is 4.74 Å². The molecule has 0 radical (unpaired) electrons. The highest BCUT2D eigenvalue weighted by molar-refractivity contribution is 9.10. The quantitative estimate of drug-likeness (QED) is 0.782. The van der Waals surface area contributed by atoms with Crippen LogP contribution >= 0.6 is 15.9 Å². The lowest BCUT2D eigenvalue weighted by molar-refractivity contribution is 0.0988. The molecule has 0 atom stereocenters. The van der Waals surface area contributed by atoms with E-state index in [-0.39, 0.29) is 5.78 Å². The fourth-order valence-corrected chi connectivity index (χ4v) is 2.38. The van der Waals surface area contributed by atoms with Crippen LogP contribution in [-0.2, 0) is 6.54 Å². The number of ether oxygens (including phenoxy) is 1. The van der Waals surface area contributed by atoms with Gasteiger partial charge in [-0.25, -0.2) is 0 Å². The molecule has 0 aliphatic rings. The first kappa shape index (κ1) is 13.9. The Bertz CT molecular complexity index is 590. The zero-order valence-electron chi connectivity index (χ0n) is 11.0. The van der Waals surface area contributed by atoms with Gasteiger partial charge in [-0.2, -0.15) is 0 Å². The first-order valence-corrected chi connectivity index (χ1v) is 6.94. The van der Waals surface area contributed by atoms with E-state index < -0.39 is 0 Å². The average molecular weight is 322 g/mol. The van der Waals surface area contributed by atoms with Crippen LogP contribution < -0.4 is 4.74 Å². The number of methoxy groups -OCH3 is 1. The van der Waals surface area contributed by atoms with Gasteiger partial charge in [0, 0.05) is 34.4 Å². The van der Waals surface area contributed by atoms with Crippen LogP contribution in [0.15, 0.2) is 41.1 Å². The number of carbonyl (C=O) groups excluding carboxylic acids is 1. The average Bonchev–Trinajstić information content (AvgIpc) is 2.86. The van der Waals surface area contributed by atoms with Gasteiger partial charge < -0.3 is 9.30 Å². The third kappa shape index (κ3) is 3.26. The number of hydrogen-bond acceptors (Lipinski definition) is 2. The Morgan fingerprint density at radius 3 is 2.84 bits per heavy atom. The van der Waals surface area contributed by atoms with Crippen LogP contribution in [0.25, 0.3) is 0 Å². The van der Waals surface area contributed by atoms with Gasteiger partial charge in [-0.3, -0.25) is 4.79 Å². The highest BCUT2D eigenvalue weighted by Crippen LogP contribution is 2.24. The molecule has 4 heteroatoms. The summed E-state index contributed by atoms with van der Waals surface area (Å²) in [5.74, 6) is 1.01. The monoisotopic (exact) mass is 321 g/mol. The van der Waals surface area contributed by atoms with E-state index in [1.165, 1.54) is 0 Å². The van der Waals surface area contributed by atoms with Crippen molar-refractivity contribution in [1.29, 1.82) is 0 Å². The SMILES string of the molecule is CCC(=O)c1ccn(Cc2cc(Br)ccc2OC)c1. The maximum Gasteiger partial charge on any atom is 0.164 e. The van der Waals surface area contributed by atoms with Crippen molar-refractivity contribution < 1.29 is 9.53 Å². The summed E-state index contributed by atoms with van der Waals surface area (Å²) in [6, 6.07) is 7.77. The van der Waals surface area contributed by atoms with E-state index >= 15 is 0 Å². The van der Waals surface area contributed by atoms with E-state index in [0.717, 1.165) is 21.3 Å². The van der Waals surface area contributed by atoms with Crippen molar-refractivity contribution in [1.82, 2.24) is 4.57 Å². The standard InChI is InChI=1S/C15H16BrNO2/c1-3-14(18)11-6-7-17(9-11)10-12-8-13(16)4-5-15(12)19-2/h4-9H,3,10H2,1-2H3. The van der Waals surface area contributed by atoms with Gasteiger partial charge in [0.25, 0.3) is 0 Å². The van der Waals surface area contributed by atoms with E-state index in [1.54, 1.807) is 7.11 Å². The van der Waals surface area contributed by atoms with Crippen molar-refractivity contribution in [3.63, 3.8) is 0 Å². The van der Waals surface area contributed by atoms with Gasteiger partial charge in [0.15, 0.2) is 5.78 Å². The lowest BCUT2D eigenvalue weighted by Crippen LogP contribution is -2.00. The third-order valence-corrected chi connectivity index (χ3v) is 3.48. The fourth-order valence-electron chi connectivity index (χ4n) is 1.98. The number of hydrogen-bond donors (Lipinski definition) is 0. The lowest BCUT2D eigenvalue weighted by Gasteiger charge is -2.09. The molecule has 1 heterocycles. The second-order valence-corrected chi connectivity index (χ2v) is 5.22. The Labute approximate surface area is 121 Å². The van der Waals surface area contributed by atoms with Crippen LogP contribution in [0.2, 0.25) is 0 Å². The van der Waals surface area contributed by atoms with Gasteiger partial charge in [0.05, 0.1) is 13.7 Å². The van der Waals surface area contributed by atoms with E-state index in [0.29, 0.717) is 13.0 Å². The zero-order valence-corrected chi connectivity index (χ0v) is 12.6. The number of aromatic nitrogens is 1. The van der Waals surface area contributed by atoms with Crippen LogP contribution in [0.5, 0.6) is 5.75 Å². The van der Waals surface area contributed by atoms with Gasteiger partial charge in [-0.1, -0.05) is 22.9 Å². The van der Waals surface area contributed by atoms with Crippen LogP contribution in [0, 0.1) is 0 Å². The largest absolute Gasteiger partial charge is 0.496 e. The molecule has 0 saturated heterocycles. The lowest BCUT2D eigenvalue weighted by atomic mass is 10.2. The van der Waals surface area contributed by atoms with Gasteiger partial charge >= 0.3 is 0 Å². The van der Waals surface area contributed by atoms with Crippen molar-refractivity contribution in [2.75, 3.05) is 7.11 Å². The van der Waals surface area contributed by atoms with Crippen molar-refractivity contribution >= 4 is 21.7 Å². The molecular formula is C15H16BrNO2. The number of halogens is 1. The number of benzene rings is 1. The van der Waals surface area contributed by atoms with E-state index in [2.05, 4.69) is 15.9 Å². The molecule has 0 amide bonds. The number of Topliss-reactive ketones (excluding diaryl/α,β-unsaturated/α-hetero) is 1. The highest BCUT2D eigenvalue weighted by atomic mass is 79.9. The Morgan fingerprint density at radius 1 is 1.37 bits per heavy atom. The molecule has 0 spiro atoms. The molecule has 2 aromatic rings. The molecule has 0 fully saturated rings.